The summed E-state index contributed by atoms with van der Waals surface area (Å²) in [5.41, 5.74) is 5.19. The summed E-state index contributed by atoms with van der Waals surface area (Å²) in [6.45, 7) is 0. The third kappa shape index (κ3) is 1.07. The fourth-order valence-electron chi connectivity index (χ4n) is 4.42. The lowest BCUT2D eigenvalue weighted by molar-refractivity contribution is 0.202. The van der Waals surface area contributed by atoms with Gasteiger partial charge in [0.2, 0.25) is 0 Å². The first-order valence-corrected chi connectivity index (χ1v) is 5.81. The standard InChI is InChI=1S/C11H18N2O/c12-11(14)13-10-5-6-4-9(10)8-3-1-2-7(6)8/h6-10H,1-5H2,(H3,12,13,14). The number of rotatable bonds is 1. The largest absolute Gasteiger partial charge is 0.352 e. The fraction of sp³-hybridized carbons (Fsp3) is 0.909. The molecule has 3 saturated carbocycles. The summed E-state index contributed by atoms with van der Waals surface area (Å²) in [5, 5.41) is 2.92. The molecule has 2 amide bonds. The smallest absolute Gasteiger partial charge is 0.312 e. The lowest BCUT2D eigenvalue weighted by Crippen LogP contribution is -2.44. The van der Waals surface area contributed by atoms with E-state index >= 15 is 0 Å². The van der Waals surface area contributed by atoms with Crippen LogP contribution in [0.4, 0.5) is 4.79 Å². The highest BCUT2D eigenvalue weighted by Gasteiger charge is 2.53. The van der Waals surface area contributed by atoms with Crippen molar-refractivity contribution in [2.45, 2.75) is 38.1 Å². The summed E-state index contributed by atoms with van der Waals surface area (Å²) >= 11 is 0. The summed E-state index contributed by atoms with van der Waals surface area (Å²) in [6.07, 6.45) is 6.78. The van der Waals surface area contributed by atoms with Crippen molar-refractivity contribution < 1.29 is 4.79 Å². The van der Waals surface area contributed by atoms with Crippen LogP contribution in [-0.2, 0) is 0 Å². The van der Waals surface area contributed by atoms with Crippen molar-refractivity contribution in [2.24, 2.45) is 29.4 Å². The zero-order valence-electron chi connectivity index (χ0n) is 8.41. The van der Waals surface area contributed by atoms with Crippen LogP contribution in [0.15, 0.2) is 0 Å². The SMILES string of the molecule is NC(=O)NC1CC2CC1C1CCCC21. The van der Waals surface area contributed by atoms with E-state index in [1.165, 1.54) is 32.1 Å². The zero-order valence-corrected chi connectivity index (χ0v) is 8.41. The number of amides is 2. The molecule has 2 bridgehead atoms. The number of primary amides is 1. The molecule has 3 heteroatoms. The van der Waals surface area contributed by atoms with Crippen LogP contribution in [0.25, 0.3) is 0 Å². The van der Waals surface area contributed by atoms with E-state index in [4.69, 9.17) is 5.73 Å². The van der Waals surface area contributed by atoms with Crippen molar-refractivity contribution in [1.29, 1.82) is 0 Å². The molecule has 0 heterocycles. The van der Waals surface area contributed by atoms with Gasteiger partial charge in [-0.1, -0.05) is 6.42 Å². The van der Waals surface area contributed by atoms with Crippen molar-refractivity contribution in [2.75, 3.05) is 0 Å². The lowest BCUT2D eigenvalue weighted by atomic mass is 9.79. The molecule has 3 fully saturated rings. The Kier molecular flexibility index (Phi) is 1.76. The van der Waals surface area contributed by atoms with Gasteiger partial charge in [-0.2, -0.15) is 0 Å². The van der Waals surface area contributed by atoms with Crippen molar-refractivity contribution in [3.05, 3.63) is 0 Å². The molecule has 5 unspecified atom stereocenters. The molecule has 0 spiro atoms. The molecule has 5 atom stereocenters. The molecule has 3 nitrogen and oxygen atoms in total. The van der Waals surface area contributed by atoms with Gasteiger partial charge in [0, 0.05) is 6.04 Å². The maximum absolute atomic E-state index is 10.8. The van der Waals surface area contributed by atoms with Gasteiger partial charge in [-0.25, -0.2) is 4.79 Å². The molecule has 78 valence electrons. The Morgan fingerprint density at radius 1 is 1.14 bits per heavy atom. The topological polar surface area (TPSA) is 55.1 Å². The van der Waals surface area contributed by atoms with E-state index in [2.05, 4.69) is 5.32 Å². The second kappa shape index (κ2) is 2.88. The first-order valence-electron chi connectivity index (χ1n) is 5.81. The fourth-order valence-corrected chi connectivity index (χ4v) is 4.42. The molecular weight excluding hydrogens is 176 g/mol. The molecule has 14 heavy (non-hydrogen) atoms. The molecule has 0 aromatic carbocycles. The minimum atomic E-state index is -0.336. The van der Waals surface area contributed by atoms with Gasteiger partial charge in [-0.15, -0.1) is 0 Å². The van der Waals surface area contributed by atoms with Crippen molar-refractivity contribution in [3.8, 4) is 0 Å². The van der Waals surface area contributed by atoms with E-state index < -0.39 is 0 Å². The van der Waals surface area contributed by atoms with Crippen LogP contribution >= 0.6 is 0 Å². The van der Waals surface area contributed by atoms with Crippen molar-refractivity contribution >= 4 is 6.03 Å². The Balaban J connectivity index is 1.73. The van der Waals surface area contributed by atoms with E-state index in [-0.39, 0.29) is 6.03 Å². The van der Waals surface area contributed by atoms with Crippen LogP contribution in [0.5, 0.6) is 0 Å². The third-order valence-corrected chi connectivity index (χ3v) is 4.76. The van der Waals surface area contributed by atoms with Crippen LogP contribution in [-0.4, -0.2) is 12.1 Å². The van der Waals surface area contributed by atoms with Crippen LogP contribution in [0.3, 0.4) is 0 Å². The van der Waals surface area contributed by atoms with Crippen molar-refractivity contribution in [1.82, 2.24) is 5.32 Å². The second-order valence-electron chi connectivity index (χ2n) is 5.27. The monoisotopic (exact) mass is 194 g/mol. The van der Waals surface area contributed by atoms with E-state index in [1.54, 1.807) is 0 Å². The summed E-state index contributed by atoms with van der Waals surface area (Å²) < 4.78 is 0. The minimum absolute atomic E-state index is 0.336. The first-order chi connectivity index (χ1) is 6.75. The Morgan fingerprint density at radius 3 is 2.71 bits per heavy atom. The van der Waals surface area contributed by atoms with Crippen LogP contribution in [0.2, 0.25) is 0 Å². The van der Waals surface area contributed by atoms with Gasteiger partial charge in [0.1, 0.15) is 0 Å². The molecule has 0 radical (unpaired) electrons. The number of fused-ring (bicyclic) bond motifs is 5. The minimum Gasteiger partial charge on any atom is -0.352 e. The molecular formula is C11H18N2O. The molecule has 3 aliphatic rings. The van der Waals surface area contributed by atoms with Gasteiger partial charge >= 0.3 is 6.03 Å². The van der Waals surface area contributed by atoms with Gasteiger partial charge < -0.3 is 11.1 Å². The number of hydrogen-bond acceptors (Lipinski definition) is 1. The molecule has 3 aliphatic carbocycles. The maximum atomic E-state index is 10.8. The predicted molar refractivity (Wildman–Crippen MR) is 53.6 cm³/mol. The van der Waals surface area contributed by atoms with Gasteiger partial charge in [-0.05, 0) is 49.4 Å². The zero-order chi connectivity index (χ0) is 9.71. The van der Waals surface area contributed by atoms with Gasteiger partial charge in [0.15, 0.2) is 0 Å². The number of urea groups is 1. The average molecular weight is 194 g/mol. The summed E-state index contributed by atoms with van der Waals surface area (Å²) in [6, 6.07) is 0.0638. The number of hydrogen-bond donors (Lipinski definition) is 2. The number of nitrogens with two attached hydrogens (primary N) is 1. The van der Waals surface area contributed by atoms with Gasteiger partial charge in [0.25, 0.3) is 0 Å². The quantitative estimate of drug-likeness (QED) is 0.652. The van der Waals surface area contributed by atoms with E-state index in [0.29, 0.717) is 6.04 Å². The summed E-state index contributed by atoms with van der Waals surface area (Å²) in [4.78, 5) is 10.8. The van der Waals surface area contributed by atoms with Crippen molar-refractivity contribution in [3.63, 3.8) is 0 Å². The molecule has 3 N–H and O–H groups in total. The number of nitrogens with one attached hydrogen (secondary N) is 1. The Labute approximate surface area is 84.4 Å². The normalized spacial score (nSPS) is 49.3. The molecule has 0 aromatic heterocycles. The van der Waals surface area contributed by atoms with E-state index in [9.17, 15) is 4.79 Å². The first kappa shape index (κ1) is 8.57. The summed E-state index contributed by atoms with van der Waals surface area (Å²) in [5.74, 6) is 3.54. The Bertz CT molecular complexity index is 266. The predicted octanol–water partition coefficient (Wildman–Crippen LogP) is 1.48. The van der Waals surface area contributed by atoms with Crippen LogP contribution in [0, 0.1) is 23.7 Å². The van der Waals surface area contributed by atoms with Crippen LogP contribution < -0.4 is 11.1 Å². The van der Waals surface area contributed by atoms with Crippen LogP contribution in [0.1, 0.15) is 32.1 Å². The highest BCUT2D eigenvalue weighted by molar-refractivity contribution is 5.72. The van der Waals surface area contributed by atoms with Gasteiger partial charge in [-0.3, -0.25) is 0 Å². The second-order valence-corrected chi connectivity index (χ2v) is 5.27. The Hall–Kier alpha value is -0.730. The Morgan fingerprint density at radius 2 is 1.93 bits per heavy atom. The summed E-state index contributed by atoms with van der Waals surface area (Å²) in [7, 11) is 0. The lowest BCUT2D eigenvalue weighted by Gasteiger charge is -2.31. The third-order valence-electron chi connectivity index (χ3n) is 4.76. The maximum Gasteiger partial charge on any atom is 0.312 e. The number of carbonyl (C=O) groups excluding carboxylic acids is 1. The number of carbonyl (C=O) groups is 1. The van der Waals surface area contributed by atoms with E-state index in [1.807, 2.05) is 0 Å². The molecule has 0 aromatic rings. The molecule has 0 saturated heterocycles. The highest BCUT2D eigenvalue weighted by Crippen LogP contribution is 2.58. The highest BCUT2D eigenvalue weighted by atomic mass is 16.2. The average Bonchev–Trinajstić information content (AvgIpc) is 2.68. The molecule has 0 aliphatic heterocycles. The van der Waals surface area contributed by atoms with Gasteiger partial charge in [0.05, 0.1) is 0 Å². The molecule has 3 rings (SSSR count). The van der Waals surface area contributed by atoms with E-state index in [0.717, 1.165) is 23.7 Å².